The van der Waals surface area contributed by atoms with Gasteiger partial charge in [-0.15, -0.1) is 0 Å². The highest BCUT2D eigenvalue weighted by Gasteiger charge is 2.40. The fourth-order valence-corrected chi connectivity index (χ4v) is 3.31. The van der Waals surface area contributed by atoms with Crippen molar-refractivity contribution in [3.05, 3.63) is 22.7 Å². The van der Waals surface area contributed by atoms with Gasteiger partial charge in [-0.3, -0.25) is 4.79 Å². The Hall–Kier alpha value is -1.07. The van der Waals surface area contributed by atoms with Gasteiger partial charge in [0.2, 0.25) is 0 Å². The molecule has 1 fully saturated rings. The third kappa shape index (κ3) is 2.05. The van der Waals surface area contributed by atoms with Gasteiger partial charge in [0.1, 0.15) is 6.04 Å². The largest absolute Gasteiger partial charge is 0.355 e. The molecule has 1 atom stereocenters. The number of carbonyl (C=O) groups is 1. The molecule has 0 aromatic heterocycles. The summed E-state index contributed by atoms with van der Waals surface area (Å²) in [7, 11) is 0. The van der Waals surface area contributed by atoms with Crippen molar-refractivity contribution < 1.29 is 4.79 Å². The maximum absolute atomic E-state index is 12.7. The number of rotatable bonds is 1. The fraction of sp³-hybridized carbons (Fsp3) is 0.500. The first-order valence-electron chi connectivity index (χ1n) is 6.69. The lowest BCUT2D eigenvalue weighted by atomic mass is 10.0. The summed E-state index contributed by atoms with van der Waals surface area (Å²) >= 11 is 3.51. The van der Waals surface area contributed by atoms with E-state index in [9.17, 15) is 4.79 Å². The minimum absolute atomic E-state index is 0.0650. The Balaban J connectivity index is 2.14. The van der Waals surface area contributed by atoms with Crippen LogP contribution in [0.3, 0.4) is 0 Å². The number of hydrogen-bond acceptors (Lipinski definition) is 3. The molecule has 1 amide bonds. The summed E-state index contributed by atoms with van der Waals surface area (Å²) in [6, 6.07) is 6.31. The lowest BCUT2D eigenvalue weighted by molar-refractivity contribution is -0.120. The Morgan fingerprint density at radius 1 is 1.37 bits per heavy atom. The minimum Gasteiger partial charge on any atom is -0.355 e. The second-order valence-electron chi connectivity index (χ2n) is 5.35. The lowest BCUT2D eigenvalue weighted by Gasteiger charge is -2.46. The molecule has 1 saturated heterocycles. The lowest BCUT2D eigenvalue weighted by Crippen LogP contribution is -2.63. The Kier molecular flexibility index (Phi) is 3.27. The molecule has 0 spiro atoms. The molecule has 0 aliphatic carbocycles. The Morgan fingerprint density at radius 3 is 2.89 bits per heavy atom. The first-order chi connectivity index (χ1) is 9.09. The zero-order chi connectivity index (χ0) is 13.6. The molecule has 1 aromatic carbocycles. The molecule has 1 aromatic rings. The van der Waals surface area contributed by atoms with Gasteiger partial charge < -0.3 is 15.1 Å². The molecular formula is C14H18BrN3O. The van der Waals surface area contributed by atoms with E-state index in [2.05, 4.69) is 46.1 Å². The van der Waals surface area contributed by atoms with E-state index in [0.29, 0.717) is 0 Å². The fourth-order valence-electron chi connectivity index (χ4n) is 2.96. The summed E-state index contributed by atoms with van der Waals surface area (Å²) in [6.07, 6.45) is 0. The third-order valence-electron chi connectivity index (χ3n) is 3.79. The van der Waals surface area contributed by atoms with Crippen LogP contribution < -0.4 is 15.1 Å². The number of amides is 1. The molecule has 3 rings (SSSR count). The van der Waals surface area contributed by atoms with Gasteiger partial charge in [-0.2, -0.15) is 0 Å². The van der Waals surface area contributed by atoms with Gasteiger partial charge in [-0.25, -0.2) is 0 Å². The van der Waals surface area contributed by atoms with E-state index >= 15 is 0 Å². The Bertz CT molecular complexity index is 517. The first-order valence-corrected chi connectivity index (χ1v) is 7.49. The van der Waals surface area contributed by atoms with Crippen LogP contribution in [0.15, 0.2) is 22.7 Å². The van der Waals surface area contributed by atoms with Crippen molar-refractivity contribution in [3.8, 4) is 0 Å². The van der Waals surface area contributed by atoms with Crippen LogP contribution in [-0.2, 0) is 4.79 Å². The molecule has 2 heterocycles. The number of hydrogen-bond donors (Lipinski definition) is 1. The molecule has 2 aliphatic heterocycles. The predicted octanol–water partition coefficient (Wildman–Crippen LogP) is 1.98. The van der Waals surface area contributed by atoms with Gasteiger partial charge in [0, 0.05) is 30.1 Å². The number of halogens is 1. The zero-order valence-corrected chi connectivity index (χ0v) is 12.8. The molecule has 0 bridgehead atoms. The van der Waals surface area contributed by atoms with Gasteiger partial charge in [0.05, 0.1) is 11.4 Å². The highest BCUT2D eigenvalue weighted by Crippen LogP contribution is 2.39. The molecule has 1 N–H and O–H groups in total. The quantitative estimate of drug-likeness (QED) is 0.858. The number of anilines is 2. The van der Waals surface area contributed by atoms with E-state index in [-0.39, 0.29) is 18.0 Å². The van der Waals surface area contributed by atoms with Crippen LogP contribution in [0, 0.1) is 0 Å². The van der Waals surface area contributed by atoms with Crippen molar-refractivity contribution in [2.75, 3.05) is 29.4 Å². The van der Waals surface area contributed by atoms with Crippen molar-refractivity contribution in [2.24, 2.45) is 0 Å². The number of nitrogens with one attached hydrogen (secondary N) is 1. The van der Waals surface area contributed by atoms with Crippen molar-refractivity contribution in [3.63, 3.8) is 0 Å². The van der Waals surface area contributed by atoms with E-state index in [1.54, 1.807) is 0 Å². The van der Waals surface area contributed by atoms with Gasteiger partial charge in [-0.1, -0.05) is 15.9 Å². The topological polar surface area (TPSA) is 35.6 Å². The van der Waals surface area contributed by atoms with E-state index in [1.807, 2.05) is 17.0 Å². The molecule has 4 nitrogen and oxygen atoms in total. The van der Waals surface area contributed by atoms with Crippen LogP contribution in [0.4, 0.5) is 11.4 Å². The van der Waals surface area contributed by atoms with E-state index in [0.717, 1.165) is 29.8 Å². The summed E-state index contributed by atoms with van der Waals surface area (Å²) in [5, 5.41) is 3.32. The Labute approximate surface area is 121 Å². The van der Waals surface area contributed by atoms with E-state index in [4.69, 9.17) is 0 Å². The number of nitrogens with zero attached hydrogens (tertiary/aromatic N) is 2. The number of benzene rings is 1. The van der Waals surface area contributed by atoms with Crippen LogP contribution >= 0.6 is 15.9 Å². The van der Waals surface area contributed by atoms with Crippen LogP contribution in [0.25, 0.3) is 0 Å². The molecule has 2 aliphatic rings. The average molecular weight is 324 g/mol. The predicted molar refractivity (Wildman–Crippen MR) is 80.8 cm³/mol. The number of fused-ring (bicyclic) bond motifs is 3. The van der Waals surface area contributed by atoms with Gasteiger partial charge >= 0.3 is 0 Å². The van der Waals surface area contributed by atoms with Crippen molar-refractivity contribution >= 4 is 33.2 Å². The summed E-state index contributed by atoms with van der Waals surface area (Å²) < 4.78 is 1.01. The van der Waals surface area contributed by atoms with Crippen LogP contribution in [-0.4, -0.2) is 37.6 Å². The van der Waals surface area contributed by atoms with Gasteiger partial charge in [0.25, 0.3) is 5.91 Å². The van der Waals surface area contributed by atoms with Crippen molar-refractivity contribution in [1.82, 2.24) is 5.32 Å². The average Bonchev–Trinajstić information content (AvgIpc) is 2.38. The third-order valence-corrected chi connectivity index (χ3v) is 4.28. The second kappa shape index (κ2) is 4.80. The molecule has 102 valence electrons. The van der Waals surface area contributed by atoms with Crippen LogP contribution in [0.2, 0.25) is 0 Å². The van der Waals surface area contributed by atoms with Crippen molar-refractivity contribution in [1.29, 1.82) is 0 Å². The molecule has 19 heavy (non-hydrogen) atoms. The summed E-state index contributed by atoms with van der Waals surface area (Å²) in [5.41, 5.74) is 2.19. The van der Waals surface area contributed by atoms with Gasteiger partial charge in [-0.05, 0) is 32.0 Å². The van der Waals surface area contributed by atoms with Crippen LogP contribution in [0.5, 0.6) is 0 Å². The Morgan fingerprint density at radius 2 is 2.16 bits per heavy atom. The van der Waals surface area contributed by atoms with E-state index < -0.39 is 0 Å². The molecular weight excluding hydrogens is 306 g/mol. The maximum atomic E-state index is 12.7. The molecule has 1 unspecified atom stereocenters. The van der Waals surface area contributed by atoms with Crippen molar-refractivity contribution in [2.45, 2.75) is 25.9 Å². The minimum atomic E-state index is -0.0650. The monoisotopic (exact) mass is 323 g/mol. The highest BCUT2D eigenvalue weighted by atomic mass is 79.9. The molecule has 0 radical (unpaired) electrons. The highest BCUT2D eigenvalue weighted by molar-refractivity contribution is 9.10. The number of carbonyl (C=O) groups excluding carboxylic acids is 1. The van der Waals surface area contributed by atoms with E-state index in [1.165, 1.54) is 5.69 Å². The van der Waals surface area contributed by atoms with Gasteiger partial charge in [0.15, 0.2) is 0 Å². The second-order valence-corrected chi connectivity index (χ2v) is 6.26. The maximum Gasteiger partial charge on any atom is 0.251 e. The molecule has 0 saturated carbocycles. The normalized spacial score (nSPS) is 22.5. The SMILES string of the molecule is CC(C)N1C(=O)C2CNCCN2c2ccc(Br)cc21. The van der Waals surface area contributed by atoms with Crippen LogP contribution in [0.1, 0.15) is 13.8 Å². The summed E-state index contributed by atoms with van der Waals surface area (Å²) in [4.78, 5) is 16.9. The first kappa shape index (κ1) is 12.9. The summed E-state index contributed by atoms with van der Waals surface area (Å²) in [6.45, 7) is 6.68. The summed E-state index contributed by atoms with van der Waals surface area (Å²) in [5.74, 6) is 0.202. The zero-order valence-electron chi connectivity index (χ0n) is 11.2. The molecule has 5 heteroatoms. The standard InChI is InChI=1S/C14H18BrN3O/c1-9(2)18-12-7-10(15)3-4-11(12)17-6-5-16-8-13(17)14(18)19/h3-4,7,9,13,16H,5-6,8H2,1-2H3. The smallest absolute Gasteiger partial charge is 0.251 e. The number of piperazine rings is 1.